The van der Waals surface area contributed by atoms with Crippen molar-refractivity contribution in [1.29, 1.82) is 0 Å². The van der Waals surface area contributed by atoms with Gasteiger partial charge in [-0.2, -0.15) is 0 Å². The van der Waals surface area contributed by atoms with Gasteiger partial charge in [-0.25, -0.2) is 8.42 Å². The number of carbonyl (C=O) groups excluding carboxylic acids is 1. The van der Waals surface area contributed by atoms with Crippen LogP contribution >= 0.6 is 0 Å². The van der Waals surface area contributed by atoms with Gasteiger partial charge in [0.1, 0.15) is 6.61 Å². The van der Waals surface area contributed by atoms with Crippen LogP contribution in [0.3, 0.4) is 0 Å². The van der Waals surface area contributed by atoms with Gasteiger partial charge in [-0.05, 0) is 37.0 Å². The lowest BCUT2D eigenvalue weighted by molar-refractivity contribution is -0.131. The van der Waals surface area contributed by atoms with Crippen LogP contribution in [0.5, 0.6) is 0 Å². The van der Waals surface area contributed by atoms with Crippen molar-refractivity contribution < 1.29 is 17.9 Å². The smallest absolute Gasteiger partial charge is 0.246 e. The Kier molecular flexibility index (Phi) is 5.88. The Balaban J connectivity index is 1.79. The number of sulfone groups is 1. The largest absolute Gasteiger partial charge is 0.368 e. The van der Waals surface area contributed by atoms with E-state index in [9.17, 15) is 13.2 Å². The third-order valence-corrected chi connectivity index (χ3v) is 6.76. The molecule has 0 spiro atoms. The van der Waals surface area contributed by atoms with Gasteiger partial charge in [0.15, 0.2) is 9.84 Å². The molecule has 1 saturated carbocycles. The molecule has 0 aromatic rings. The molecule has 22 heavy (non-hydrogen) atoms. The maximum absolute atomic E-state index is 12.0. The fourth-order valence-corrected chi connectivity index (χ4v) is 5.34. The van der Waals surface area contributed by atoms with E-state index in [1.807, 2.05) is 0 Å². The summed E-state index contributed by atoms with van der Waals surface area (Å²) in [5, 5.41) is 2.79. The van der Waals surface area contributed by atoms with E-state index < -0.39 is 9.84 Å². The Labute approximate surface area is 134 Å². The summed E-state index contributed by atoms with van der Waals surface area (Å²) in [6, 6.07) is -0.243. The van der Waals surface area contributed by atoms with E-state index >= 15 is 0 Å². The Hall–Kier alpha value is -0.620. The third kappa shape index (κ3) is 4.95. The van der Waals surface area contributed by atoms with Crippen molar-refractivity contribution in [2.75, 3.05) is 18.1 Å². The van der Waals surface area contributed by atoms with Crippen LogP contribution in [0, 0.1) is 17.8 Å². The molecule has 2 rings (SSSR count). The first-order valence-electron chi connectivity index (χ1n) is 8.38. The summed E-state index contributed by atoms with van der Waals surface area (Å²) in [6.07, 6.45) is 4.06. The number of carbonyl (C=O) groups is 1. The zero-order chi connectivity index (χ0) is 16.3. The summed E-state index contributed by atoms with van der Waals surface area (Å²) < 4.78 is 28.7. The van der Waals surface area contributed by atoms with E-state index in [1.54, 1.807) is 0 Å². The molecule has 2 aliphatic rings. The molecule has 2 fully saturated rings. The van der Waals surface area contributed by atoms with Gasteiger partial charge >= 0.3 is 0 Å². The highest BCUT2D eigenvalue weighted by Crippen LogP contribution is 2.35. The van der Waals surface area contributed by atoms with Crippen LogP contribution in [0.15, 0.2) is 0 Å². The molecule has 6 heteroatoms. The highest BCUT2D eigenvalue weighted by molar-refractivity contribution is 7.91. The highest BCUT2D eigenvalue weighted by Gasteiger charge is 2.32. The highest BCUT2D eigenvalue weighted by atomic mass is 32.2. The Morgan fingerprint density at radius 2 is 2.00 bits per heavy atom. The minimum atomic E-state index is -2.96. The van der Waals surface area contributed by atoms with Gasteiger partial charge in [-0.3, -0.25) is 4.79 Å². The van der Waals surface area contributed by atoms with Gasteiger partial charge < -0.3 is 10.1 Å². The van der Waals surface area contributed by atoms with E-state index in [0.29, 0.717) is 24.2 Å². The maximum atomic E-state index is 12.0. The minimum absolute atomic E-state index is 0.0388. The Morgan fingerprint density at radius 3 is 2.59 bits per heavy atom. The summed E-state index contributed by atoms with van der Waals surface area (Å²) in [6.45, 7) is 6.69. The molecule has 0 unspecified atom stereocenters. The second kappa shape index (κ2) is 7.30. The molecule has 0 bridgehead atoms. The van der Waals surface area contributed by atoms with Crippen molar-refractivity contribution in [3.05, 3.63) is 0 Å². The number of rotatable bonds is 5. The van der Waals surface area contributed by atoms with E-state index in [1.165, 1.54) is 6.42 Å². The summed E-state index contributed by atoms with van der Waals surface area (Å²) in [4.78, 5) is 12.0. The van der Waals surface area contributed by atoms with E-state index in [-0.39, 0.29) is 36.2 Å². The van der Waals surface area contributed by atoms with Gasteiger partial charge in [0.25, 0.3) is 0 Å². The first-order valence-corrected chi connectivity index (χ1v) is 10.2. The molecule has 128 valence electrons. The quantitative estimate of drug-likeness (QED) is 0.833. The first-order chi connectivity index (χ1) is 10.3. The van der Waals surface area contributed by atoms with Crippen LogP contribution in [0.4, 0.5) is 0 Å². The van der Waals surface area contributed by atoms with Gasteiger partial charge in [0, 0.05) is 6.04 Å². The van der Waals surface area contributed by atoms with Gasteiger partial charge in [-0.1, -0.05) is 27.2 Å². The second-order valence-corrected chi connectivity index (χ2v) is 9.57. The zero-order valence-electron chi connectivity index (χ0n) is 13.9. The molecular formula is C16H29NO4S. The Morgan fingerprint density at radius 1 is 1.27 bits per heavy atom. The predicted octanol–water partition coefficient (Wildman–Crippen LogP) is 1.77. The van der Waals surface area contributed by atoms with Gasteiger partial charge in [0.05, 0.1) is 17.6 Å². The van der Waals surface area contributed by atoms with Crippen LogP contribution in [0.1, 0.15) is 46.5 Å². The topological polar surface area (TPSA) is 72.5 Å². The SMILES string of the molecule is CC(C)[C@H]1CC[C@@H](C)C[C@@H]1OCC(=O)N[C@H]1CCS(=O)(=O)C1. The number of amides is 1. The molecule has 1 amide bonds. The van der Waals surface area contributed by atoms with Crippen molar-refractivity contribution >= 4 is 15.7 Å². The zero-order valence-corrected chi connectivity index (χ0v) is 14.7. The molecule has 5 nitrogen and oxygen atoms in total. The van der Waals surface area contributed by atoms with Crippen LogP contribution < -0.4 is 5.32 Å². The average molecular weight is 331 g/mol. The lowest BCUT2D eigenvalue weighted by atomic mass is 9.75. The monoisotopic (exact) mass is 331 g/mol. The van der Waals surface area contributed by atoms with Crippen molar-refractivity contribution in [2.24, 2.45) is 17.8 Å². The van der Waals surface area contributed by atoms with E-state index in [2.05, 4.69) is 26.1 Å². The molecule has 0 radical (unpaired) electrons. The van der Waals surface area contributed by atoms with Crippen molar-refractivity contribution in [2.45, 2.75) is 58.6 Å². The molecule has 0 aromatic carbocycles. The molecule has 4 atom stereocenters. The Bertz CT molecular complexity index is 488. The fraction of sp³-hybridized carbons (Fsp3) is 0.938. The molecule has 1 N–H and O–H groups in total. The number of nitrogens with one attached hydrogen (secondary N) is 1. The first kappa shape index (κ1) is 17.7. The molecule has 1 heterocycles. The molecule has 0 aromatic heterocycles. The standard InChI is InChI=1S/C16H29NO4S/c1-11(2)14-5-4-12(3)8-15(14)21-9-16(18)17-13-6-7-22(19,20)10-13/h11-15H,4-10H2,1-3H3,(H,17,18)/t12-,13+,14-,15+/m1/s1. The number of ether oxygens (including phenoxy) is 1. The van der Waals surface area contributed by atoms with E-state index in [0.717, 1.165) is 12.8 Å². The van der Waals surface area contributed by atoms with Gasteiger partial charge in [-0.15, -0.1) is 0 Å². The lowest BCUT2D eigenvalue weighted by Crippen LogP contribution is -2.41. The third-order valence-electron chi connectivity index (χ3n) is 4.99. The predicted molar refractivity (Wildman–Crippen MR) is 86.3 cm³/mol. The average Bonchev–Trinajstić information content (AvgIpc) is 2.75. The normalized spacial score (nSPS) is 34.7. The summed E-state index contributed by atoms with van der Waals surface area (Å²) in [5.74, 6) is 1.75. The maximum Gasteiger partial charge on any atom is 0.246 e. The molecular weight excluding hydrogens is 302 g/mol. The van der Waals surface area contributed by atoms with Crippen molar-refractivity contribution in [1.82, 2.24) is 5.32 Å². The van der Waals surface area contributed by atoms with Crippen LogP contribution in [-0.2, 0) is 19.4 Å². The summed E-state index contributed by atoms with van der Waals surface area (Å²) in [5.41, 5.74) is 0. The number of hydrogen-bond acceptors (Lipinski definition) is 4. The molecule has 1 aliphatic carbocycles. The molecule has 1 aliphatic heterocycles. The van der Waals surface area contributed by atoms with E-state index in [4.69, 9.17) is 4.74 Å². The summed E-state index contributed by atoms with van der Waals surface area (Å²) >= 11 is 0. The van der Waals surface area contributed by atoms with Crippen molar-refractivity contribution in [3.63, 3.8) is 0 Å². The van der Waals surface area contributed by atoms with Crippen LogP contribution in [0.25, 0.3) is 0 Å². The second-order valence-electron chi connectivity index (χ2n) is 7.34. The minimum Gasteiger partial charge on any atom is -0.368 e. The van der Waals surface area contributed by atoms with Crippen LogP contribution in [-0.4, -0.2) is 44.6 Å². The lowest BCUT2D eigenvalue weighted by Gasteiger charge is -2.37. The van der Waals surface area contributed by atoms with Crippen LogP contribution in [0.2, 0.25) is 0 Å². The summed E-state index contributed by atoms with van der Waals surface area (Å²) in [7, 11) is -2.96. The molecule has 1 saturated heterocycles. The number of hydrogen-bond donors (Lipinski definition) is 1. The van der Waals surface area contributed by atoms with Gasteiger partial charge in [0.2, 0.25) is 5.91 Å². The van der Waals surface area contributed by atoms with Crippen molar-refractivity contribution in [3.8, 4) is 0 Å². The fourth-order valence-electron chi connectivity index (χ4n) is 3.67.